The predicted molar refractivity (Wildman–Crippen MR) is 124 cm³/mol. The number of hydrogen-bond donors (Lipinski definition) is 1. The summed E-state index contributed by atoms with van der Waals surface area (Å²) in [5.74, 6) is 1.18. The maximum absolute atomic E-state index is 13.3. The fourth-order valence-electron chi connectivity index (χ4n) is 4.99. The summed E-state index contributed by atoms with van der Waals surface area (Å²) >= 11 is 0. The molecule has 0 radical (unpaired) electrons. The quantitative estimate of drug-likeness (QED) is 0.672. The van der Waals surface area contributed by atoms with Gasteiger partial charge in [0, 0.05) is 24.4 Å². The lowest BCUT2D eigenvalue weighted by Crippen LogP contribution is -2.38. The molecule has 1 aliphatic carbocycles. The average molecular weight is 460 g/mol. The van der Waals surface area contributed by atoms with E-state index in [1.54, 1.807) is 44.4 Å². The molecule has 1 saturated carbocycles. The Bertz CT molecular complexity index is 1030. The van der Waals surface area contributed by atoms with E-state index in [-0.39, 0.29) is 23.5 Å². The standard InChI is InChI=1S/C25H33NO5S/c1-18(27)25(2)17-26(32(28,29)21-11-5-4-6-12-21)16-22(25)19-13-14-23(30-3)24(15-19)31-20-9-7-8-10-20/h4-6,11-15,18,20,22,27H,7-10,16-17H2,1-3H3. The summed E-state index contributed by atoms with van der Waals surface area (Å²) < 4.78 is 39.9. The first kappa shape index (κ1) is 23.1. The summed E-state index contributed by atoms with van der Waals surface area (Å²) in [6.45, 7) is 4.25. The smallest absolute Gasteiger partial charge is 0.243 e. The van der Waals surface area contributed by atoms with Gasteiger partial charge < -0.3 is 14.6 Å². The van der Waals surface area contributed by atoms with Crippen LogP contribution in [0.2, 0.25) is 0 Å². The van der Waals surface area contributed by atoms with Crippen molar-refractivity contribution in [3.05, 3.63) is 54.1 Å². The van der Waals surface area contributed by atoms with Crippen LogP contribution in [0.4, 0.5) is 0 Å². The van der Waals surface area contributed by atoms with Gasteiger partial charge in [-0.1, -0.05) is 31.2 Å². The van der Waals surface area contributed by atoms with Gasteiger partial charge in [-0.25, -0.2) is 8.42 Å². The maximum Gasteiger partial charge on any atom is 0.243 e. The van der Waals surface area contributed by atoms with Gasteiger partial charge in [-0.2, -0.15) is 4.31 Å². The van der Waals surface area contributed by atoms with Crippen LogP contribution >= 0.6 is 0 Å². The van der Waals surface area contributed by atoms with Crippen molar-refractivity contribution in [1.82, 2.24) is 4.31 Å². The topological polar surface area (TPSA) is 76.1 Å². The molecule has 32 heavy (non-hydrogen) atoms. The Labute approximate surface area is 191 Å². The van der Waals surface area contributed by atoms with E-state index < -0.39 is 21.5 Å². The SMILES string of the molecule is COc1ccc(C2CN(S(=O)(=O)c3ccccc3)CC2(C)C(C)O)cc1OC1CCCC1. The molecule has 2 aliphatic rings. The van der Waals surface area contributed by atoms with Crippen LogP contribution in [0.15, 0.2) is 53.4 Å². The Balaban J connectivity index is 1.68. The average Bonchev–Trinajstić information content (AvgIpc) is 3.43. The summed E-state index contributed by atoms with van der Waals surface area (Å²) in [7, 11) is -2.03. The van der Waals surface area contributed by atoms with Crippen molar-refractivity contribution in [1.29, 1.82) is 0 Å². The molecule has 1 aliphatic heterocycles. The van der Waals surface area contributed by atoms with Crippen LogP contribution in [0.3, 0.4) is 0 Å². The second-order valence-corrected chi connectivity index (χ2v) is 11.2. The number of benzene rings is 2. The van der Waals surface area contributed by atoms with Crippen LogP contribution in [-0.2, 0) is 10.0 Å². The molecule has 7 heteroatoms. The first-order valence-electron chi connectivity index (χ1n) is 11.3. The van der Waals surface area contributed by atoms with Crippen molar-refractivity contribution in [3.63, 3.8) is 0 Å². The Morgan fingerprint density at radius 1 is 1.09 bits per heavy atom. The van der Waals surface area contributed by atoms with Crippen LogP contribution in [0.25, 0.3) is 0 Å². The Morgan fingerprint density at radius 3 is 2.41 bits per heavy atom. The zero-order valence-electron chi connectivity index (χ0n) is 19.0. The predicted octanol–water partition coefficient (Wildman–Crippen LogP) is 4.19. The summed E-state index contributed by atoms with van der Waals surface area (Å²) in [5, 5.41) is 10.7. The Hall–Kier alpha value is -2.09. The van der Waals surface area contributed by atoms with Gasteiger partial charge in [0.2, 0.25) is 10.0 Å². The highest BCUT2D eigenvalue weighted by molar-refractivity contribution is 7.89. The van der Waals surface area contributed by atoms with Crippen molar-refractivity contribution < 1.29 is 23.0 Å². The van der Waals surface area contributed by atoms with Gasteiger partial charge in [-0.05, 0) is 62.4 Å². The largest absolute Gasteiger partial charge is 0.493 e. The van der Waals surface area contributed by atoms with Gasteiger partial charge >= 0.3 is 0 Å². The van der Waals surface area contributed by atoms with E-state index in [0.29, 0.717) is 18.0 Å². The minimum atomic E-state index is -3.66. The molecular formula is C25H33NO5S. The van der Waals surface area contributed by atoms with E-state index in [4.69, 9.17) is 9.47 Å². The molecule has 0 aromatic heterocycles. The van der Waals surface area contributed by atoms with E-state index in [1.807, 2.05) is 25.1 Å². The number of rotatable bonds is 7. The molecule has 2 fully saturated rings. The third-order valence-electron chi connectivity index (χ3n) is 7.22. The van der Waals surface area contributed by atoms with Crippen molar-refractivity contribution in [3.8, 4) is 11.5 Å². The third kappa shape index (κ3) is 4.26. The van der Waals surface area contributed by atoms with Crippen LogP contribution in [0.1, 0.15) is 51.0 Å². The van der Waals surface area contributed by atoms with Crippen molar-refractivity contribution in [2.45, 2.75) is 62.6 Å². The van der Waals surface area contributed by atoms with Gasteiger partial charge in [0.05, 0.1) is 24.2 Å². The van der Waals surface area contributed by atoms with Crippen molar-refractivity contribution in [2.24, 2.45) is 5.41 Å². The molecule has 0 amide bonds. The molecule has 4 rings (SSSR count). The molecule has 174 valence electrons. The first-order chi connectivity index (χ1) is 15.3. The second kappa shape index (κ2) is 9.04. The van der Waals surface area contributed by atoms with Crippen LogP contribution < -0.4 is 9.47 Å². The summed E-state index contributed by atoms with van der Waals surface area (Å²) in [5.41, 5.74) is 0.314. The van der Waals surface area contributed by atoms with Crippen molar-refractivity contribution in [2.75, 3.05) is 20.2 Å². The van der Waals surface area contributed by atoms with Gasteiger partial charge in [-0.15, -0.1) is 0 Å². The number of methoxy groups -OCH3 is 1. The minimum absolute atomic E-state index is 0.181. The number of sulfonamides is 1. The maximum atomic E-state index is 13.3. The minimum Gasteiger partial charge on any atom is -0.493 e. The van der Waals surface area contributed by atoms with Gasteiger partial charge in [0.1, 0.15) is 0 Å². The monoisotopic (exact) mass is 459 g/mol. The molecule has 3 unspecified atom stereocenters. The highest BCUT2D eigenvalue weighted by atomic mass is 32.2. The molecule has 6 nitrogen and oxygen atoms in total. The molecule has 0 bridgehead atoms. The summed E-state index contributed by atoms with van der Waals surface area (Å²) in [6, 6.07) is 14.3. The highest BCUT2D eigenvalue weighted by Crippen LogP contribution is 2.48. The van der Waals surface area contributed by atoms with E-state index in [2.05, 4.69) is 0 Å². The van der Waals surface area contributed by atoms with Crippen LogP contribution in [0.5, 0.6) is 11.5 Å². The molecule has 1 N–H and O–H groups in total. The Morgan fingerprint density at radius 2 is 1.78 bits per heavy atom. The molecular weight excluding hydrogens is 426 g/mol. The Kier molecular flexibility index (Phi) is 6.52. The lowest BCUT2D eigenvalue weighted by Gasteiger charge is -2.34. The zero-order chi connectivity index (χ0) is 22.9. The number of aliphatic hydroxyl groups is 1. The van der Waals surface area contributed by atoms with E-state index >= 15 is 0 Å². The fraction of sp³-hybridized carbons (Fsp3) is 0.520. The lowest BCUT2D eigenvalue weighted by molar-refractivity contribution is 0.0519. The normalized spacial score (nSPS) is 25.7. The number of nitrogens with zero attached hydrogens (tertiary/aromatic N) is 1. The molecule has 1 saturated heterocycles. The lowest BCUT2D eigenvalue weighted by atomic mass is 9.72. The molecule has 1 heterocycles. The highest BCUT2D eigenvalue weighted by Gasteiger charge is 2.50. The van der Waals surface area contributed by atoms with Gasteiger partial charge in [0.15, 0.2) is 11.5 Å². The fourth-order valence-corrected chi connectivity index (χ4v) is 6.58. The second-order valence-electron chi connectivity index (χ2n) is 9.28. The first-order valence-corrected chi connectivity index (χ1v) is 12.8. The molecule has 3 atom stereocenters. The van der Waals surface area contributed by atoms with Crippen LogP contribution in [0, 0.1) is 5.41 Å². The number of aliphatic hydroxyl groups excluding tert-OH is 1. The van der Waals surface area contributed by atoms with Crippen molar-refractivity contribution >= 4 is 10.0 Å². The zero-order valence-corrected chi connectivity index (χ0v) is 19.8. The van der Waals surface area contributed by atoms with Gasteiger partial charge in [0.25, 0.3) is 0 Å². The number of hydrogen-bond acceptors (Lipinski definition) is 5. The number of ether oxygens (including phenoxy) is 2. The van der Waals surface area contributed by atoms with Gasteiger partial charge in [-0.3, -0.25) is 0 Å². The summed E-state index contributed by atoms with van der Waals surface area (Å²) in [4.78, 5) is 0.272. The summed E-state index contributed by atoms with van der Waals surface area (Å²) in [6.07, 6.45) is 3.89. The van der Waals surface area contributed by atoms with E-state index in [9.17, 15) is 13.5 Å². The molecule has 2 aromatic carbocycles. The molecule has 2 aromatic rings. The van der Waals surface area contributed by atoms with E-state index in [1.165, 1.54) is 17.1 Å². The molecule has 0 spiro atoms. The third-order valence-corrected chi connectivity index (χ3v) is 9.05. The van der Waals surface area contributed by atoms with Crippen LogP contribution in [-0.4, -0.2) is 50.2 Å². The van der Waals surface area contributed by atoms with E-state index in [0.717, 1.165) is 18.4 Å².